The smallest absolute Gasteiger partial charge is 0.273 e. The molecule has 3 atom stereocenters. The van der Waals surface area contributed by atoms with E-state index < -0.39 is 46.3 Å². The van der Waals surface area contributed by atoms with Crippen molar-refractivity contribution in [3.8, 4) is 0 Å². The maximum Gasteiger partial charge on any atom is 0.273 e. The van der Waals surface area contributed by atoms with Gasteiger partial charge in [-0.25, -0.2) is 5.01 Å². The highest BCUT2D eigenvalue weighted by Crippen LogP contribution is 2.37. The molecule has 174 valence electrons. The summed E-state index contributed by atoms with van der Waals surface area (Å²) in [6.07, 6.45) is 4.59. The highest BCUT2D eigenvalue weighted by atomic mass is 16.6. The summed E-state index contributed by atoms with van der Waals surface area (Å²) in [7, 11) is 0. The number of nitrogens with zero attached hydrogens (tertiary/aromatic N) is 3. The first kappa shape index (κ1) is 23.0. The molecule has 1 aliphatic carbocycles. The summed E-state index contributed by atoms with van der Waals surface area (Å²) < 4.78 is 0. The Kier molecular flexibility index (Phi) is 6.36. The van der Waals surface area contributed by atoms with Crippen LogP contribution in [0.4, 0.5) is 5.69 Å². The van der Waals surface area contributed by atoms with Crippen molar-refractivity contribution < 1.29 is 24.1 Å². The number of nitro benzene ring substituents is 1. The summed E-state index contributed by atoms with van der Waals surface area (Å²) in [5.41, 5.74) is 0.161. The van der Waals surface area contributed by atoms with E-state index in [1.54, 1.807) is 37.3 Å². The second-order valence-corrected chi connectivity index (χ2v) is 8.25. The van der Waals surface area contributed by atoms with Crippen LogP contribution in [-0.2, 0) is 9.59 Å². The Morgan fingerprint density at radius 1 is 0.971 bits per heavy atom. The highest BCUT2D eigenvalue weighted by Gasteiger charge is 2.52. The molecule has 9 heteroatoms. The number of imide groups is 1. The molecule has 2 aliphatic rings. The third-order valence-corrected chi connectivity index (χ3v) is 6.28. The predicted octanol–water partition coefficient (Wildman–Crippen LogP) is 3.56. The van der Waals surface area contributed by atoms with Gasteiger partial charge in [-0.15, -0.1) is 0 Å². The lowest BCUT2D eigenvalue weighted by molar-refractivity contribution is -0.384. The van der Waals surface area contributed by atoms with Crippen molar-refractivity contribution in [3.05, 3.63) is 88.0 Å². The van der Waals surface area contributed by atoms with Crippen molar-refractivity contribution in [1.82, 2.24) is 10.0 Å². The molecule has 3 amide bonds. The molecule has 1 saturated heterocycles. The largest absolute Gasteiger partial charge is 0.292 e. The Morgan fingerprint density at radius 3 is 2.03 bits per heavy atom. The summed E-state index contributed by atoms with van der Waals surface area (Å²) in [4.78, 5) is 64.2. The summed E-state index contributed by atoms with van der Waals surface area (Å²) in [6.45, 7) is 1.70. The van der Waals surface area contributed by atoms with Gasteiger partial charge in [-0.1, -0.05) is 49.4 Å². The van der Waals surface area contributed by atoms with Gasteiger partial charge in [-0.05, 0) is 31.4 Å². The molecule has 1 fully saturated rings. The second kappa shape index (κ2) is 9.38. The minimum Gasteiger partial charge on any atom is -0.292 e. The Labute approximate surface area is 195 Å². The van der Waals surface area contributed by atoms with E-state index in [0.717, 1.165) is 10.0 Å². The maximum atomic E-state index is 13.7. The zero-order chi connectivity index (χ0) is 24.4. The number of carbonyl (C=O) groups is 4. The van der Waals surface area contributed by atoms with Crippen LogP contribution in [0.1, 0.15) is 46.9 Å². The van der Waals surface area contributed by atoms with Crippen LogP contribution in [0.5, 0.6) is 0 Å². The first-order chi connectivity index (χ1) is 16.3. The number of hydrogen-bond donors (Lipinski definition) is 0. The minimum atomic E-state index is -1.12. The van der Waals surface area contributed by atoms with Crippen LogP contribution in [0.3, 0.4) is 0 Å². The zero-order valence-electron chi connectivity index (χ0n) is 18.5. The van der Waals surface area contributed by atoms with Crippen molar-refractivity contribution in [2.75, 3.05) is 0 Å². The lowest BCUT2D eigenvalue weighted by Crippen LogP contribution is -2.57. The number of Topliss-reactive ketones (excluding diaryl/α,β-unsaturated/α-hetero) is 1. The third-order valence-electron chi connectivity index (χ3n) is 6.28. The number of ketones is 1. The Bertz CT molecular complexity index is 1150. The van der Waals surface area contributed by atoms with Gasteiger partial charge in [0.2, 0.25) is 0 Å². The van der Waals surface area contributed by atoms with E-state index in [0.29, 0.717) is 18.4 Å². The fourth-order valence-corrected chi connectivity index (χ4v) is 4.49. The second-order valence-electron chi connectivity index (χ2n) is 8.25. The van der Waals surface area contributed by atoms with Gasteiger partial charge >= 0.3 is 0 Å². The average Bonchev–Trinajstić information content (AvgIpc) is 3.12. The van der Waals surface area contributed by atoms with Gasteiger partial charge in [0.25, 0.3) is 23.4 Å². The van der Waals surface area contributed by atoms with Crippen LogP contribution in [0.2, 0.25) is 0 Å². The molecule has 1 aliphatic heterocycles. The van der Waals surface area contributed by atoms with Crippen LogP contribution in [0, 0.1) is 22.0 Å². The van der Waals surface area contributed by atoms with Gasteiger partial charge in [0.1, 0.15) is 6.04 Å². The van der Waals surface area contributed by atoms with Gasteiger partial charge in [0.05, 0.1) is 16.8 Å². The predicted molar refractivity (Wildman–Crippen MR) is 121 cm³/mol. The molecule has 0 unspecified atom stereocenters. The van der Waals surface area contributed by atoms with Gasteiger partial charge in [0.15, 0.2) is 5.78 Å². The van der Waals surface area contributed by atoms with E-state index in [1.165, 1.54) is 24.3 Å². The number of hydrazine groups is 1. The van der Waals surface area contributed by atoms with E-state index in [1.807, 2.05) is 12.2 Å². The molecule has 0 spiro atoms. The number of fused-ring (bicyclic) bond motifs is 1. The minimum absolute atomic E-state index is 0.0264. The lowest BCUT2D eigenvalue weighted by Gasteiger charge is -2.36. The standard InChI is InChI=1S/C25H23N3O6/c1-2-21(22(29)16-8-4-3-5-9-16)26(23(30)17-12-14-18(15-13-17)28(33)34)27-24(31)19-10-6-7-11-20(19)25(27)32/h3-9,12-15,19-21H,2,10-11H2,1H3/t19-,20-,21-/m1/s1. The molecular formula is C25H23N3O6. The number of amides is 3. The SMILES string of the molecule is CC[C@H](C(=O)c1ccccc1)N(C(=O)c1ccc([N+](=O)[O-])cc1)N1C(=O)[C@@H]2CC=CC[C@H]2C1=O. The molecule has 0 N–H and O–H groups in total. The molecule has 2 aromatic carbocycles. The maximum absolute atomic E-state index is 13.7. The van der Waals surface area contributed by atoms with Crippen molar-refractivity contribution in [2.24, 2.45) is 11.8 Å². The average molecular weight is 461 g/mol. The van der Waals surface area contributed by atoms with Gasteiger partial charge in [-0.3, -0.25) is 29.3 Å². The number of rotatable bonds is 7. The van der Waals surface area contributed by atoms with Crippen molar-refractivity contribution in [2.45, 2.75) is 32.2 Å². The van der Waals surface area contributed by atoms with Gasteiger partial charge in [0, 0.05) is 23.3 Å². The molecule has 9 nitrogen and oxygen atoms in total. The lowest BCUT2D eigenvalue weighted by atomic mass is 9.85. The number of hydrogen-bond acceptors (Lipinski definition) is 6. The summed E-state index contributed by atoms with van der Waals surface area (Å²) in [5, 5.41) is 12.8. The molecule has 0 radical (unpaired) electrons. The first-order valence-electron chi connectivity index (χ1n) is 11.0. The van der Waals surface area contributed by atoms with Crippen LogP contribution < -0.4 is 0 Å². The summed E-state index contributed by atoms with van der Waals surface area (Å²) in [6, 6.07) is 12.1. The summed E-state index contributed by atoms with van der Waals surface area (Å²) in [5.74, 6) is -3.38. The van der Waals surface area contributed by atoms with Gasteiger partial charge in [-0.2, -0.15) is 5.01 Å². The molecule has 1 heterocycles. The number of carbonyl (C=O) groups excluding carboxylic acids is 4. The quantitative estimate of drug-likeness (QED) is 0.205. The topological polar surface area (TPSA) is 118 Å². The Hall–Kier alpha value is -4.14. The number of benzene rings is 2. The van der Waals surface area contributed by atoms with E-state index in [2.05, 4.69) is 0 Å². The van der Waals surface area contributed by atoms with Crippen LogP contribution >= 0.6 is 0 Å². The molecular weight excluding hydrogens is 438 g/mol. The molecule has 4 rings (SSSR count). The normalized spacial score (nSPS) is 20.1. The fourth-order valence-electron chi connectivity index (χ4n) is 4.49. The number of nitro groups is 1. The molecule has 0 saturated carbocycles. The molecule has 0 aromatic heterocycles. The van der Waals surface area contributed by atoms with Crippen molar-refractivity contribution in [3.63, 3.8) is 0 Å². The number of allylic oxidation sites excluding steroid dienone is 2. The molecule has 34 heavy (non-hydrogen) atoms. The number of non-ortho nitro benzene ring substituents is 1. The molecule has 0 bridgehead atoms. The third kappa shape index (κ3) is 4.00. The highest BCUT2D eigenvalue weighted by molar-refractivity contribution is 6.10. The van der Waals surface area contributed by atoms with E-state index in [-0.39, 0.29) is 17.7 Å². The van der Waals surface area contributed by atoms with Crippen LogP contribution in [0.15, 0.2) is 66.7 Å². The zero-order valence-corrected chi connectivity index (χ0v) is 18.5. The monoisotopic (exact) mass is 461 g/mol. The summed E-state index contributed by atoms with van der Waals surface area (Å²) >= 11 is 0. The van der Waals surface area contributed by atoms with Crippen LogP contribution in [-0.4, -0.2) is 44.5 Å². The molecule has 2 aromatic rings. The van der Waals surface area contributed by atoms with Crippen molar-refractivity contribution >= 4 is 29.2 Å². The van der Waals surface area contributed by atoms with Crippen molar-refractivity contribution in [1.29, 1.82) is 0 Å². The van der Waals surface area contributed by atoms with E-state index in [9.17, 15) is 29.3 Å². The Morgan fingerprint density at radius 2 is 1.53 bits per heavy atom. The Balaban J connectivity index is 1.78. The fraction of sp³-hybridized carbons (Fsp3) is 0.280. The van der Waals surface area contributed by atoms with E-state index >= 15 is 0 Å². The van der Waals surface area contributed by atoms with Crippen LogP contribution in [0.25, 0.3) is 0 Å². The first-order valence-corrected chi connectivity index (χ1v) is 11.0. The van der Waals surface area contributed by atoms with Gasteiger partial charge < -0.3 is 0 Å². The van der Waals surface area contributed by atoms with E-state index in [4.69, 9.17) is 0 Å².